The molecule has 2 N–H and O–H groups in total. The normalized spacial score (nSPS) is 18.7. The fraction of sp³-hybridized carbons (Fsp3) is 0.556. The monoisotopic (exact) mass is 366 g/mol. The number of nitrogens with one attached hydrogen (secondary N) is 1. The first kappa shape index (κ1) is 20.3. The third kappa shape index (κ3) is 5.50. The van der Waals surface area contributed by atoms with Gasteiger partial charge in [0.05, 0.1) is 19.3 Å². The van der Waals surface area contributed by atoms with Crippen molar-refractivity contribution in [1.29, 1.82) is 0 Å². The van der Waals surface area contributed by atoms with E-state index in [1.807, 2.05) is 6.92 Å². The van der Waals surface area contributed by atoms with Gasteiger partial charge in [0.1, 0.15) is 19.3 Å². The standard InChI is InChI=1S/C18H26N2O6/c1-3-25-9-8-20-15(10-26-12-17(20)22)18(23)13-4-6-14(7-5-13)19-16(21)11-24-2/h4-7,15,18,23H,3,8-12H2,1-2H3,(H,19,21). The molecule has 26 heavy (non-hydrogen) atoms. The Kier molecular flexibility index (Phi) is 7.99. The third-order valence-electron chi connectivity index (χ3n) is 4.09. The first-order valence-electron chi connectivity index (χ1n) is 8.58. The van der Waals surface area contributed by atoms with Gasteiger partial charge in [-0.1, -0.05) is 12.1 Å². The van der Waals surface area contributed by atoms with Crippen LogP contribution in [0.5, 0.6) is 0 Å². The van der Waals surface area contributed by atoms with Crippen molar-refractivity contribution in [2.45, 2.75) is 19.1 Å². The van der Waals surface area contributed by atoms with Crippen LogP contribution in [0.2, 0.25) is 0 Å². The van der Waals surface area contributed by atoms with Crippen LogP contribution in [0.1, 0.15) is 18.6 Å². The predicted octanol–water partition coefficient (Wildman–Crippen LogP) is 0.569. The van der Waals surface area contributed by atoms with E-state index in [1.165, 1.54) is 7.11 Å². The number of carbonyl (C=O) groups excluding carboxylic acids is 2. The number of aliphatic hydroxyl groups is 1. The summed E-state index contributed by atoms with van der Waals surface area (Å²) in [6.45, 7) is 3.52. The summed E-state index contributed by atoms with van der Waals surface area (Å²) in [5.41, 5.74) is 1.24. The third-order valence-corrected chi connectivity index (χ3v) is 4.09. The van der Waals surface area contributed by atoms with Gasteiger partial charge in [-0.3, -0.25) is 9.59 Å². The maximum absolute atomic E-state index is 12.1. The summed E-state index contributed by atoms with van der Waals surface area (Å²) in [4.78, 5) is 25.3. The number of rotatable bonds is 9. The number of nitrogens with zero attached hydrogens (tertiary/aromatic N) is 1. The molecule has 0 aromatic heterocycles. The summed E-state index contributed by atoms with van der Waals surface area (Å²) in [6, 6.07) is 6.34. The van der Waals surface area contributed by atoms with Crippen LogP contribution in [0.3, 0.4) is 0 Å². The molecule has 2 unspecified atom stereocenters. The molecular weight excluding hydrogens is 340 g/mol. The molecule has 1 aromatic rings. The van der Waals surface area contributed by atoms with E-state index in [4.69, 9.17) is 14.2 Å². The SMILES string of the molecule is CCOCCN1C(=O)COCC1C(O)c1ccc(NC(=O)COC)cc1. The van der Waals surface area contributed by atoms with E-state index in [0.29, 0.717) is 31.0 Å². The molecule has 1 aliphatic rings. The van der Waals surface area contributed by atoms with Crippen molar-refractivity contribution in [1.82, 2.24) is 4.90 Å². The number of morpholine rings is 1. The fourth-order valence-corrected chi connectivity index (χ4v) is 2.80. The lowest BCUT2D eigenvalue weighted by molar-refractivity contribution is -0.155. The first-order chi connectivity index (χ1) is 12.6. The van der Waals surface area contributed by atoms with Gasteiger partial charge in [-0.05, 0) is 24.6 Å². The van der Waals surface area contributed by atoms with Crippen LogP contribution in [-0.4, -0.2) is 74.6 Å². The molecule has 2 amide bonds. The van der Waals surface area contributed by atoms with Gasteiger partial charge < -0.3 is 29.5 Å². The van der Waals surface area contributed by atoms with Gasteiger partial charge in [0.15, 0.2) is 0 Å². The Morgan fingerprint density at radius 3 is 2.81 bits per heavy atom. The van der Waals surface area contributed by atoms with Gasteiger partial charge in [0.25, 0.3) is 0 Å². The van der Waals surface area contributed by atoms with Gasteiger partial charge >= 0.3 is 0 Å². The van der Waals surface area contributed by atoms with Crippen molar-refractivity contribution in [3.63, 3.8) is 0 Å². The summed E-state index contributed by atoms with van der Waals surface area (Å²) in [6.07, 6.45) is -0.899. The number of ether oxygens (including phenoxy) is 3. The minimum absolute atomic E-state index is 0.0137. The van der Waals surface area contributed by atoms with E-state index in [-0.39, 0.29) is 31.6 Å². The largest absolute Gasteiger partial charge is 0.386 e. The molecule has 0 aliphatic carbocycles. The minimum atomic E-state index is -0.899. The Bertz CT molecular complexity index is 592. The molecule has 0 radical (unpaired) electrons. The molecule has 0 bridgehead atoms. The minimum Gasteiger partial charge on any atom is -0.386 e. The van der Waals surface area contributed by atoms with Gasteiger partial charge in [-0.15, -0.1) is 0 Å². The van der Waals surface area contributed by atoms with Crippen LogP contribution in [0.4, 0.5) is 5.69 Å². The lowest BCUT2D eigenvalue weighted by Gasteiger charge is -2.38. The smallest absolute Gasteiger partial charge is 0.250 e. The molecular formula is C18H26N2O6. The first-order valence-corrected chi connectivity index (χ1v) is 8.58. The van der Waals surface area contributed by atoms with Gasteiger partial charge in [-0.2, -0.15) is 0 Å². The number of hydrogen-bond acceptors (Lipinski definition) is 6. The molecule has 1 heterocycles. The average molecular weight is 366 g/mol. The van der Waals surface area contributed by atoms with Crippen molar-refractivity contribution >= 4 is 17.5 Å². The summed E-state index contributed by atoms with van der Waals surface area (Å²) < 4.78 is 15.4. The predicted molar refractivity (Wildman–Crippen MR) is 94.7 cm³/mol. The maximum atomic E-state index is 12.1. The quantitative estimate of drug-likeness (QED) is 0.620. The second-order valence-corrected chi connectivity index (χ2v) is 5.91. The number of aliphatic hydroxyl groups excluding tert-OH is 1. The van der Waals surface area contributed by atoms with Gasteiger partial charge in [0, 0.05) is 25.9 Å². The van der Waals surface area contributed by atoms with E-state index < -0.39 is 12.1 Å². The average Bonchev–Trinajstić information content (AvgIpc) is 2.63. The number of anilines is 1. The van der Waals surface area contributed by atoms with Gasteiger partial charge in [-0.25, -0.2) is 0 Å². The van der Waals surface area contributed by atoms with Crippen molar-refractivity contribution in [2.24, 2.45) is 0 Å². The van der Waals surface area contributed by atoms with Crippen LogP contribution < -0.4 is 5.32 Å². The zero-order valence-corrected chi connectivity index (χ0v) is 15.1. The molecule has 2 rings (SSSR count). The van der Waals surface area contributed by atoms with Gasteiger partial charge in [0.2, 0.25) is 11.8 Å². The summed E-state index contributed by atoms with van der Waals surface area (Å²) >= 11 is 0. The highest BCUT2D eigenvalue weighted by atomic mass is 16.5. The zero-order chi connectivity index (χ0) is 18.9. The molecule has 1 aromatic carbocycles. The highest BCUT2D eigenvalue weighted by Crippen LogP contribution is 2.25. The summed E-state index contributed by atoms with van der Waals surface area (Å²) in [7, 11) is 1.45. The number of amides is 2. The molecule has 0 spiro atoms. The molecule has 8 nitrogen and oxygen atoms in total. The topological polar surface area (TPSA) is 97.3 Å². The van der Waals surface area contributed by atoms with Crippen LogP contribution in [0.25, 0.3) is 0 Å². The van der Waals surface area contributed by atoms with Crippen LogP contribution in [-0.2, 0) is 23.8 Å². The second kappa shape index (κ2) is 10.2. The van der Waals surface area contributed by atoms with Crippen LogP contribution in [0.15, 0.2) is 24.3 Å². The Morgan fingerprint density at radius 1 is 1.42 bits per heavy atom. The van der Waals surface area contributed by atoms with Crippen LogP contribution in [0, 0.1) is 0 Å². The Morgan fingerprint density at radius 2 is 2.15 bits per heavy atom. The summed E-state index contributed by atoms with van der Waals surface area (Å²) in [5, 5.41) is 13.4. The number of benzene rings is 1. The van der Waals surface area contributed by atoms with Crippen molar-refractivity contribution in [3.05, 3.63) is 29.8 Å². The maximum Gasteiger partial charge on any atom is 0.250 e. The van der Waals surface area contributed by atoms with Crippen molar-refractivity contribution in [2.75, 3.05) is 52.0 Å². The molecule has 1 fully saturated rings. The lowest BCUT2D eigenvalue weighted by atomic mass is 10.00. The zero-order valence-electron chi connectivity index (χ0n) is 15.1. The molecule has 1 saturated heterocycles. The van der Waals surface area contributed by atoms with E-state index in [0.717, 1.165) is 0 Å². The van der Waals surface area contributed by atoms with Crippen molar-refractivity contribution < 1.29 is 28.9 Å². The molecule has 1 aliphatic heterocycles. The Labute approximate surface area is 153 Å². The van der Waals surface area contributed by atoms with E-state index >= 15 is 0 Å². The van der Waals surface area contributed by atoms with E-state index in [2.05, 4.69) is 5.32 Å². The molecule has 0 saturated carbocycles. The highest BCUT2D eigenvalue weighted by Gasteiger charge is 2.34. The number of hydrogen-bond donors (Lipinski definition) is 2. The number of carbonyl (C=O) groups is 2. The molecule has 2 atom stereocenters. The lowest BCUT2D eigenvalue weighted by Crippen LogP contribution is -2.53. The second-order valence-electron chi connectivity index (χ2n) is 5.91. The van der Waals surface area contributed by atoms with E-state index in [1.54, 1.807) is 29.2 Å². The highest BCUT2D eigenvalue weighted by molar-refractivity contribution is 5.91. The fourth-order valence-electron chi connectivity index (χ4n) is 2.80. The Balaban J connectivity index is 2.03. The Hall–Kier alpha value is -2.00. The van der Waals surface area contributed by atoms with Crippen LogP contribution >= 0.6 is 0 Å². The summed E-state index contributed by atoms with van der Waals surface area (Å²) in [5.74, 6) is -0.419. The molecule has 8 heteroatoms. The number of methoxy groups -OCH3 is 1. The molecule has 144 valence electrons. The van der Waals surface area contributed by atoms with E-state index in [9.17, 15) is 14.7 Å². The van der Waals surface area contributed by atoms with Crippen molar-refractivity contribution in [3.8, 4) is 0 Å².